The highest BCUT2D eigenvalue weighted by atomic mass is 16.5. The summed E-state index contributed by atoms with van der Waals surface area (Å²) < 4.78 is 5.20. The normalized spacial score (nSPS) is 24.7. The van der Waals surface area contributed by atoms with Crippen LogP contribution in [0.4, 0.5) is 0 Å². The number of allylic oxidation sites excluding steroid dienone is 3. The van der Waals surface area contributed by atoms with Crippen molar-refractivity contribution in [2.45, 2.75) is 58.3 Å². The lowest BCUT2D eigenvalue weighted by molar-refractivity contribution is -0.142. The van der Waals surface area contributed by atoms with E-state index in [0.29, 0.717) is 18.9 Å². The van der Waals surface area contributed by atoms with Crippen molar-refractivity contribution in [1.82, 2.24) is 0 Å². The summed E-state index contributed by atoms with van der Waals surface area (Å²) >= 11 is 0. The lowest BCUT2D eigenvalue weighted by Crippen LogP contribution is -2.07. The summed E-state index contributed by atoms with van der Waals surface area (Å²) in [6.45, 7) is 2.77. The molecule has 0 aromatic carbocycles. The summed E-state index contributed by atoms with van der Waals surface area (Å²) in [5.41, 5.74) is 0. The molecule has 1 unspecified atom stereocenters. The monoisotopic (exact) mass is 250 g/mol. The summed E-state index contributed by atoms with van der Waals surface area (Å²) in [5.74, 6) is 0.499. The van der Waals surface area contributed by atoms with Crippen LogP contribution in [0.3, 0.4) is 0 Å². The predicted octanol–water partition coefficient (Wildman–Crippen LogP) is 4.41. The Labute approximate surface area is 111 Å². The standard InChI is InChI=1S/C16H26O2/c1-15-11-9-7-5-3-2-4-6-8-10-12-16(17)18-14-13-15/h7-10,15H,2-6,11-14H2,1H3. The van der Waals surface area contributed by atoms with Crippen molar-refractivity contribution < 1.29 is 9.53 Å². The number of hydrogen-bond acceptors (Lipinski definition) is 2. The smallest absolute Gasteiger partial charge is 0.309 e. The summed E-state index contributed by atoms with van der Waals surface area (Å²) in [5, 5.41) is 0. The number of rotatable bonds is 0. The van der Waals surface area contributed by atoms with E-state index in [2.05, 4.69) is 25.2 Å². The van der Waals surface area contributed by atoms with Gasteiger partial charge in [-0.1, -0.05) is 37.6 Å². The molecule has 1 heterocycles. The molecule has 0 N–H and O–H groups in total. The van der Waals surface area contributed by atoms with Crippen LogP contribution in [0.15, 0.2) is 24.3 Å². The van der Waals surface area contributed by atoms with Gasteiger partial charge in [0.05, 0.1) is 13.0 Å². The molecule has 18 heavy (non-hydrogen) atoms. The Kier molecular flexibility index (Phi) is 8.28. The maximum Gasteiger partial charge on any atom is 0.309 e. The maximum absolute atomic E-state index is 11.4. The van der Waals surface area contributed by atoms with E-state index in [1.54, 1.807) is 0 Å². The second kappa shape index (κ2) is 9.93. The van der Waals surface area contributed by atoms with E-state index in [0.717, 1.165) is 19.3 Å². The zero-order chi connectivity index (χ0) is 13.1. The van der Waals surface area contributed by atoms with Gasteiger partial charge in [-0.3, -0.25) is 4.79 Å². The van der Waals surface area contributed by atoms with Gasteiger partial charge in [-0.2, -0.15) is 0 Å². The average molecular weight is 250 g/mol. The molecule has 1 aliphatic rings. The SMILES string of the molecule is CC1CC=CCCCCCC=CCC(=O)OCC1. The number of hydrogen-bond donors (Lipinski definition) is 0. The molecule has 1 aliphatic heterocycles. The molecule has 2 heteroatoms. The molecule has 0 amide bonds. The molecule has 0 aliphatic carbocycles. The van der Waals surface area contributed by atoms with E-state index in [-0.39, 0.29) is 5.97 Å². The number of cyclic esters (lactones) is 1. The highest BCUT2D eigenvalue weighted by Gasteiger charge is 2.03. The van der Waals surface area contributed by atoms with Crippen LogP contribution in [0, 0.1) is 5.92 Å². The third-order valence-electron chi connectivity index (χ3n) is 3.27. The Bertz CT molecular complexity index is 279. The van der Waals surface area contributed by atoms with Gasteiger partial charge in [0, 0.05) is 0 Å². The van der Waals surface area contributed by atoms with Gasteiger partial charge in [0.15, 0.2) is 0 Å². The van der Waals surface area contributed by atoms with Crippen LogP contribution in [0.25, 0.3) is 0 Å². The molecule has 0 saturated heterocycles. The van der Waals surface area contributed by atoms with E-state index < -0.39 is 0 Å². The van der Waals surface area contributed by atoms with E-state index in [9.17, 15) is 4.79 Å². The number of carbonyl (C=O) groups is 1. The topological polar surface area (TPSA) is 26.3 Å². The predicted molar refractivity (Wildman–Crippen MR) is 75.3 cm³/mol. The van der Waals surface area contributed by atoms with Gasteiger partial charge in [0.25, 0.3) is 0 Å². The summed E-state index contributed by atoms with van der Waals surface area (Å²) in [7, 11) is 0. The molecular formula is C16H26O2. The Hall–Kier alpha value is -1.05. The highest BCUT2D eigenvalue weighted by Crippen LogP contribution is 2.11. The molecule has 0 aromatic rings. The fraction of sp³-hybridized carbons (Fsp3) is 0.688. The molecule has 0 spiro atoms. The van der Waals surface area contributed by atoms with Gasteiger partial charge >= 0.3 is 5.97 Å². The minimum absolute atomic E-state index is 0.0962. The van der Waals surface area contributed by atoms with Crippen LogP contribution in [0.5, 0.6) is 0 Å². The van der Waals surface area contributed by atoms with Gasteiger partial charge in [-0.15, -0.1) is 0 Å². The summed E-state index contributed by atoms with van der Waals surface area (Å²) in [6, 6.07) is 0. The Morgan fingerprint density at radius 3 is 2.56 bits per heavy atom. The van der Waals surface area contributed by atoms with Gasteiger partial charge in [-0.25, -0.2) is 0 Å². The molecule has 0 saturated carbocycles. The fourth-order valence-electron chi connectivity index (χ4n) is 2.00. The van der Waals surface area contributed by atoms with Crippen molar-refractivity contribution in [1.29, 1.82) is 0 Å². The quantitative estimate of drug-likeness (QED) is 0.470. The molecule has 0 aromatic heterocycles. The first-order chi connectivity index (χ1) is 8.79. The molecule has 1 atom stereocenters. The highest BCUT2D eigenvalue weighted by molar-refractivity contribution is 5.71. The Morgan fingerprint density at radius 2 is 1.78 bits per heavy atom. The Balaban J connectivity index is 2.34. The second-order valence-electron chi connectivity index (χ2n) is 5.13. The Morgan fingerprint density at radius 1 is 1.06 bits per heavy atom. The lowest BCUT2D eigenvalue weighted by Gasteiger charge is -2.09. The molecule has 0 fully saturated rings. The van der Waals surface area contributed by atoms with Crippen molar-refractivity contribution in [3.63, 3.8) is 0 Å². The van der Waals surface area contributed by atoms with Crippen molar-refractivity contribution in [3.05, 3.63) is 24.3 Å². The minimum Gasteiger partial charge on any atom is -0.465 e. The maximum atomic E-state index is 11.4. The molecule has 0 bridgehead atoms. The van der Waals surface area contributed by atoms with Gasteiger partial charge in [-0.05, 0) is 44.4 Å². The van der Waals surface area contributed by atoms with Crippen LogP contribution in [-0.2, 0) is 9.53 Å². The second-order valence-corrected chi connectivity index (χ2v) is 5.13. The third-order valence-corrected chi connectivity index (χ3v) is 3.27. The number of esters is 1. The molecule has 102 valence electrons. The van der Waals surface area contributed by atoms with Gasteiger partial charge in [0.1, 0.15) is 0 Å². The average Bonchev–Trinajstić information content (AvgIpc) is 2.34. The van der Waals surface area contributed by atoms with E-state index >= 15 is 0 Å². The van der Waals surface area contributed by atoms with Crippen LogP contribution in [-0.4, -0.2) is 12.6 Å². The van der Waals surface area contributed by atoms with Crippen LogP contribution in [0.2, 0.25) is 0 Å². The van der Waals surface area contributed by atoms with Crippen molar-refractivity contribution in [2.24, 2.45) is 5.92 Å². The molecule has 2 nitrogen and oxygen atoms in total. The molecular weight excluding hydrogens is 224 g/mol. The molecule has 0 radical (unpaired) electrons. The minimum atomic E-state index is -0.0962. The first-order valence-corrected chi connectivity index (χ1v) is 7.24. The molecule has 1 rings (SSSR count). The van der Waals surface area contributed by atoms with Crippen LogP contribution in [0.1, 0.15) is 58.3 Å². The van der Waals surface area contributed by atoms with Crippen molar-refractivity contribution in [2.75, 3.05) is 6.61 Å². The van der Waals surface area contributed by atoms with Crippen molar-refractivity contribution in [3.8, 4) is 0 Å². The zero-order valence-electron chi connectivity index (χ0n) is 11.6. The first-order valence-electron chi connectivity index (χ1n) is 7.24. The summed E-state index contributed by atoms with van der Waals surface area (Å²) in [6.07, 6.45) is 17.1. The number of ether oxygens (including phenoxy) is 1. The van der Waals surface area contributed by atoms with Crippen LogP contribution >= 0.6 is 0 Å². The third kappa shape index (κ3) is 8.10. The van der Waals surface area contributed by atoms with Gasteiger partial charge in [0.2, 0.25) is 0 Å². The largest absolute Gasteiger partial charge is 0.465 e. The van der Waals surface area contributed by atoms with Gasteiger partial charge < -0.3 is 4.74 Å². The van der Waals surface area contributed by atoms with E-state index in [1.807, 2.05) is 6.08 Å². The lowest BCUT2D eigenvalue weighted by atomic mass is 10.0. The summed E-state index contributed by atoms with van der Waals surface area (Å²) in [4.78, 5) is 11.4. The first kappa shape index (κ1) is 15.0. The van der Waals surface area contributed by atoms with Crippen molar-refractivity contribution >= 4 is 5.97 Å². The van der Waals surface area contributed by atoms with Crippen LogP contribution < -0.4 is 0 Å². The zero-order valence-corrected chi connectivity index (χ0v) is 11.6. The van der Waals surface area contributed by atoms with E-state index in [4.69, 9.17) is 4.74 Å². The number of carbonyl (C=O) groups excluding carboxylic acids is 1. The van der Waals surface area contributed by atoms with E-state index in [1.165, 1.54) is 25.7 Å². The fourth-order valence-corrected chi connectivity index (χ4v) is 2.00.